The van der Waals surface area contributed by atoms with E-state index in [9.17, 15) is 13.2 Å². The second-order valence-corrected chi connectivity index (χ2v) is 9.58. The van der Waals surface area contributed by atoms with Gasteiger partial charge in [-0.3, -0.25) is 4.79 Å². The Bertz CT molecular complexity index is 1000. The first-order chi connectivity index (χ1) is 13.2. The summed E-state index contributed by atoms with van der Waals surface area (Å²) in [5.74, 6) is -0.130. The molecule has 1 heterocycles. The molecule has 2 aromatic carbocycles. The summed E-state index contributed by atoms with van der Waals surface area (Å²) in [6, 6.07) is 9.97. The van der Waals surface area contributed by atoms with Gasteiger partial charge < -0.3 is 4.90 Å². The van der Waals surface area contributed by atoms with Crippen LogP contribution in [0.25, 0.3) is 0 Å². The minimum absolute atomic E-state index is 0.130. The zero-order valence-corrected chi connectivity index (χ0v) is 18.0. The van der Waals surface area contributed by atoms with Gasteiger partial charge in [0.1, 0.15) is 0 Å². The minimum Gasteiger partial charge on any atom is -0.339 e. The first-order valence-electron chi connectivity index (χ1n) is 9.01. The van der Waals surface area contributed by atoms with Gasteiger partial charge in [-0.2, -0.15) is 0 Å². The number of benzene rings is 2. The third-order valence-corrected chi connectivity index (χ3v) is 7.31. The normalized spacial score (nSPS) is 15.6. The number of amides is 1. The monoisotopic (exact) mass is 440 g/mol. The molecule has 8 heteroatoms. The number of nitrogens with one attached hydrogen (secondary N) is 1. The van der Waals surface area contributed by atoms with Gasteiger partial charge in [0.15, 0.2) is 0 Å². The molecule has 0 radical (unpaired) electrons. The highest BCUT2D eigenvalue weighted by atomic mass is 35.5. The molecule has 1 aliphatic heterocycles. The molecule has 1 amide bonds. The largest absolute Gasteiger partial charge is 0.339 e. The molecule has 0 aliphatic carbocycles. The molecule has 0 atom stereocenters. The highest BCUT2D eigenvalue weighted by molar-refractivity contribution is 7.89. The fourth-order valence-electron chi connectivity index (χ4n) is 3.29. The van der Waals surface area contributed by atoms with Crippen LogP contribution in [0.3, 0.4) is 0 Å². The summed E-state index contributed by atoms with van der Waals surface area (Å²) in [4.78, 5) is 14.7. The molecule has 1 N–H and O–H groups in total. The van der Waals surface area contributed by atoms with Crippen molar-refractivity contribution in [2.75, 3.05) is 13.1 Å². The Hall–Kier alpha value is -1.60. The van der Waals surface area contributed by atoms with Crippen LogP contribution in [0.15, 0.2) is 41.3 Å². The lowest BCUT2D eigenvalue weighted by molar-refractivity contribution is 0.0711. The molecule has 1 saturated heterocycles. The van der Waals surface area contributed by atoms with E-state index < -0.39 is 10.0 Å². The van der Waals surface area contributed by atoms with Gasteiger partial charge in [0.25, 0.3) is 5.91 Å². The van der Waals surface area contributed by atoms with E-state index in [1.165, 1.54) is 0 Å². The summed E-state index contributed by atoms with van der Waals surface area (Å²) in [6.45, 7) is 4.59. The molecule has 28 heavy (non-hydrogen) atoms. The van der Waals surface area contributed by atoms with Crippen molar-refractivity contribution in [2.24, 2.45) is 0 Å². The Morgan fingerprint density at radius 1 is 1.04 bits per heavy atom. The number of carbonyl (C=O) groups excluding carboxylic acids is 1. The van der Waals surface area contributed by atoms with E-state index in [0.717, 1.165) is 5.56 Å². The third-order valence-electron chi connectivity index (χ3n) is 4.90. The SMILES string of the molecule is Cc1ccc(C)c(S(=O)(=O)NC2CCN(C(=O)c3ccc(Cl)c(Cl)c3)CC2)c1. The van der Waals surface area contributed by atoms with Gasteiger partial charge in [0.05, 0.1) is 14.9 Å². The molecule has 0 aromatic heterocycles. The molecule has 3 rings (SSSR count). The van der Waals surface area contributed by atoms with Crippen LogP contribution < -0.4 is 4.72 Å². The minimum atomic E-state index is -3.60. The Labute approximate surface area is 175 Å². The molecular formula is C20H22Cl2N2O3S. The van der Waals surface area contributed by atoms with Crippen molar-refractivity contribution in [2.45, 2.75) is 37.6 Å². The first kappa shape index (κ1) is 21.1. The Balaban J connectivity index is 1.64. The molecule has 0 bridgehead atoms. The molecule has 2 aromatic rings. The molecule has 5 nitrogen and oxygen atoms in total. The molecule has 1 fully saturated rings. The van der Waals surface area contributed by atoms with E-state index in [-0.39, 0.29) is 11.9 Å². The van der Waals surface area contributed by atoms with Gasteiger partial charge in [0.2, 0.25) is 10.0 Å². The predicted molar refractivity (Wildman–Crippen MR) is 112 cm³/mol. The molecule has 0 saturated carbocycles. The standard InChI is InChI=1S/C20H22Cl2N2O3S/c1-13-3-4-14(2)19(11-13)28(26,27)23-16-7-9-24(10-8-16)20(25)15-5-6-17(21)18(22)12-15/h3-6,11-12,16,23H,7-10H2,1-2H3. The Kier molecular flexibility index (Phi) is 6.34. The van der Waals surface area contributed by atoms with Gasteiger partial charge in [-0.05, 0) is 62.1 Å². The highest BCUT2D eigenvalue weighted by Gasteiger charge is 2.28. The van der Waals surface area contributed by atoms with Crippen molar-refractivity contribution in [1.82, 2.24) is 9.62 Å². The highest BCUT2D eigenvalue weighted by Crippen LogP contribution is 2.24. The fourth-order valence-corrected chi connectivity index (χ4v) is 5.22. The number of halogens is 2. The number of likely N-dealkylation sites (tertiary alicyclic amines) is 1. The second kappa shape index (κ2) is 8.41. The summed E-state index contributed by atoms with van der Waals surface area (Å²) < 4.78 is 28.3. The van der Waals surface area contributed by atoms with Crippen molar-refractivity contribution >= 4 is 39.1 Å². The number of nitrogens with zero attached hydrogens (tertiary/aromatic N) is 1. The van der Waals surface area contributed by atoms with Gasteiger partial charge >= 0.3 is 0 Å². The van der Waals surface area contributed by atoms with Gasteiger partial charge in [-0.1, -0.05) is 35.3 Å². The number of rotatable bonds is 4. The number of aryl methyl sites for hydroxylation is 2. The maximum absolute atomic E-state index is 12.8. The molecule has 150 valence electrons. The van der Waals surface area contributed by atoms with Gasteiger partial charge in [-0.25, -0.2) is 13.1 Å². The van der Waals surface area contributed by atoms with Gasteiger partial charge in [0, 0.05) is 24.7 Å². The van der Waals surface area contributed by atoms with E-state index in [4.69, 9.17) is 23.2 Å². The third kappa shape index (κ3) is 4.69. The number of sulfonamides is 1. The summed E-state index contributed by atoms with van der Waals surface area (Å²) in [6.07, 6.45) is 1.11. The maximum atomic E-state index is 12.8. The molecule has 0 spiro atoms. The lowest BCUT2D eigenvalue weighted by Gasteiger charge is -2.32. The van der Waals surface area contributed by atoms with E-state index in [2.05, 4.69) is 4.72 Å². The number of carbonyl (C=O) groups is 1. The van der Waals surface area contributed by atoms with Crippen LogP contribution in [0, 0.1) is 13.8 Å². The van der Waals surface area contributed by atoms with Crippen molar-refractivity contribution in [3.63, 3.8) is 0 Å². The fraction of sp³-hybridized carbons (Fsp3) is 0.350. The van der Waals surface area contributed by atoms with E-state index >= 15 is 0 Å². The maximum Gasteiger partial charge on any atom is 0.253 e. The summed E-state index contributed by atoms with van der Waals surface area (Å²) in [7, 11) is -3.60. The molecule has 1 aliphatic rings. The predicted octanol–water partition coefficient (Wildman–Crippen LogP) is 4.19. The summed E-state index contributed by atoms with van der Waals surface area (Å²) >= 11 is 11.9. The average Bonchev–Trinajstić information content (AvgIpc) is 2.65. The Morgan fingerprint density at radius 2 is 1.71 bits per heavy atom. The zero-order chi connectivity index (χ0) is 20.5. The smallest absolute Gasteiger partial charge is 0.253 e. The first-order valence-corrected chi connectivity index (χ1v) is 11.3. The summed E-state index contributed by atoms with van der Waals surface area (Å²) in [5.41, 5.74) is 2.09. The molecular weight excluding hydrogens is 419 g/mol. The van der Waals surface area contributed by atoms with Crippen LogP contribution in [0.4, 0.5) is 0 Å². The topological polar surface area (TPSA) is 66.5 Å². The summed E-state index contributed by atoms with van der Waals surface area (Å²) in [5, 5.41) is 0.737. The van der Waals surface area contributed by atoms with Crippen molar-refractivity contribution in [1.29, 1.82) is 0 Å². The van der Waals surface area contributed by atoms with Crippen LogP contribution in [0.1, 0.15) is 34.3 Å². The van der Waals surface area contributed by atoms with Crippen molar-refractivity contribution < 1.29 is 13.2 Å². The Morgan fingerprint density at radius 3 is 2.36 bits per heavy atom. The quantitative estimate of drug-likeness (QED) is 0.774. The molecule has 0 unspecified atom stereocenters. The lowest BCUT2D eigenvalue weighted by atomic mass is 10.0. The van der Waals surface area contributed by atoms with Crippen LogP contribution in [0.5, 0.6) is 0 Å². The second-order valence-electron chi connectivity index (χ2n) is 7.09. The van der Waals surface area contributed by atoms with Crippen molar-refractivity contribution in [3.05, 3.63) is 63.1 Å². The average molecular weight is 441 g/mol. The van der Waals surface area contributed by atoms with Crippen molar-refractivity contribution in [3.8, 4) is 0 Å². The lowest BCUT2D eigenvalue weighted by Crippen LogP contribution is -2.46. The van der Waals surface area contributed by atoms with Crippen LogP contribution >= 0.6 is 23.2 Å². The van der Waals surface area contributed by atoms with Crippen LogP contribution in [0.2, 0.25) is 10.0 Å². The number of hydrogen-bond donors (Lipinski definition) is 1. The number of piperidine rings is 1. The van der Waals surface area contributed by atoms with E-state index in [1.807, 2.05) is 19.1 Å². The van der Waals surface area contributed by atoms with Crippen LogP contribution in [-0.4, -0.2) is 38.4 Å². The van der Waals surface area contributed by atoms with Gasteiger partial charge in [-0.15, -0.1) is 0 Å². The zero-order valence-electron chi connectivity index (χ0n) is 15.7. The van der Waals surface area contributed by atoms with Crippen LogP contribution in [-0.2, 0) is 10.0 Å². The van der Waals surface area contributed by atoms with E-state index in [0.29, 0.717) is 52.0 Å². The van der Waals surface area contributed by atoms with E-state index in [1.54, 1.807) is 36.1 Å². The number of hydrogen-bond acceptors (Lipinski definition) is 3.